The fourth-order valence-electron chi connectivity index (χ4n) is 2.62. The maximum atomic E-state index is 6.25. The summed E-state index contributed by atoms with van der Waals surface area (Å²) in [6.45, 7) is 2.32. The predicted molar refractivity (Wildman–Crippen MR) is 80.5 cm³/mol. The van der Waals surface area contributed by atoms with E-state index >= 15 is 0 Å². The van der Waals surface area contributed by atoms with Gasteiger partial charge in [0.05, 0.1) is 12.2 Å². The van der Waals surface area contributed by atoms with Gasteiger partial charge in [0.15, 0.2) is 0 Å². The fraction of sp³-hybridized carbons (Fsp3) is 0.600. The van der Waals surface area contributed by atoms with Crippen LogP contribution in [0.5, 0.6) is 0 Å². The predicted octanol–water partition coefficient (Wildman–Crippen LogP) is 5.37. The third kappa shape index (κ3) is 3.97. The highest BCUT2D eigenvalue weighted by Crippen LogP contribution is 2.31. The Morgan fingerprint density at radius 1 is 1.33 bits per heavy atom. The van der Waals surface area contributed by atoms with Crippen LogP contribution in [-0.4, -0.2) is 11.4 Å². The normalized spacial score (nSPS) is 25.9. The van der Waals surface area contributed by atoms with Crippen molar-refractivity contribution < 1.29 is 4.74 Å². The molecule has 0 aromatic heterocycles. The fourth-order valence-corrected chi connectivity index (χ4v) is 3.27. The minimum absolute atomic E-state index is 0.137. The standard InChI is InChI=1S/C15H20BrClO/c1-11-3-2-4-14(9-11)18-15(10-16)12-5-7-13(17)8-6-12/h5-8,11,14-15H,2-4,9-10H2,1H3. The van der Waals surface area contributed by atoms with Crippen LogP contribution in [0.1, 0.15) is 44.3 Å². The molecule has 100 valence electrons. The molecule has 0 amide bonds. The van der Waals surface area contributed by atoms with Gasteiger partial charge in [-0.05, 0) is 36.5 Å². The van der Waals surface area contributed by atoms with E-state index in [9.17, 15) is 0 Å². The summed E-state index contributed by atoms with van der Waals surface area (Å²) in [5.41, 5.74) is 1.20. The minimum atomic E-state index is 0.137. The molecule has 3 heteroatoms. The number of hydrogen-bond donors (Lipinski definition) is 0. The van der Waals surface area contributed by atoms with Gasteiger partial charge >= 0.3 is 0 Å². The average Bonchev–Trinajstić information content (AvgIpc) is 2.37. The lowest BCUT2D eigenvalue weighted by atomic mass is 9.88. The average molecular weight is 332 g/mol. The molecule has 1 aliphatic rings. The molecular formula is C15H20BrClO. The van der Waals surface area contributed by atoms with Gasteiger partial charge in [0.25, 0.3) is 0 Å². The Bertz CT molecular complexity index is 365. The van der Waals surface area contributed by atoms with Gasteiger partial charge in [-0.2, -0.15) is 0 Å². The molecule has 0 aliphatic heterocycles. The summed E-state index contributed by atoms with van der Waals surface area (Å²) < 4.78 is 6.25. The van der Waals surface area contributed by atoms with Crippen LogP contribution in [0.3, 0.4) is 0 Å². The summed E-state index contributed by atoms with van der Waals surface area (Å²) in [4.78, 5) is 0. The third-order valence-electron chi connectivity index (χ3n) is 3.63. The Kier molecular flexibility index (Phi) is 5.53. The van der Waals surface area contributed by atoms with Gasteiger partial charge in [-0.25, -0.2) is 0 Å². The molecular weight excluding hydrogens is 312 g/mol. The zero-order valence-corrected chi connectivity index (χ0v) is 13.1. The molecule has 1 fully saturated rings. The lowest BCUT2D eigenvalue weighted by Crippen LogP contribution is -2.24. The van der Waals surface area contributed by atoms with E-state index in [0.29, 0.717) is 6.10 Å². The highest BCUT2D eigenvalue weighted by molar-refractivity contribution is 9.09. The van der Waals surface area contributed by atoms with Crippen molar-refractivity contribution in [3.05, 3.63) is 34.9 Å². The molecule has 1 saturated carbocycles. The van der Waals surface area contributed by atoms with Crippen molar-refractivity contribution in [2.75, 3.05) is 5.33 Å². The van der Waals surface area contributed by atoms with Gasteiger partial charge in [0, 0.05) is 10.4 Å². The summed E-state index contributed by atoms with van der Waals surface area (Å²) in [5.74, 6) is 0.796. The van der Waals surface area contributed by atoms with Crippen LogP contribution < -0.4 is 0 Å². The van der Waals surface area contributed by atoms with Crippen molar-refractivity contribution >= 4 is 27.5 Å². The summed E-state index contributed by atoms with van der Waals surface area (Å²) in [6, 6.07) is 7.97. The zero-order valence-electron chi connectivity index (χ0n) is 10.7. The molecule has 1 aromatic carbocycles. The van der Waals surface area contributed by atoms with Crippen molar-refractivity contribution in [2.24, 2.45) is 5.92 Å². The first-order valence-corrected chi connectivity index (χ1v) is 8.16. The molecule has 0 heterocycles. The molecule has 18 heavy (non-hydrogen) atoms. The van der Waals surface area contributed by atoms with Gasteiger partial charge in [-0.15, -0.1) is 0 Å². The molecule has 3 atom stereocenters. The third-order valence-corrected chi connectivity index (χ3v) is 4.47. The number of halogens is 2. The van der Waals surface area contributed by atoms with E-state index in [4.69, 9.17) is 16.3 Å². The number of alkyl halides is 1. The lowest BCUT2D eigenvalue weighted by Gasteiger charge is -2.30. The molecule has 0 N–H and O–H groups in total. The van der Waals surface area contributed by atoms with Gasteiger partial charge in [0.2, 0.25) is 0 Å². The van der Waals surface area contributed by atoms with E-state index in [1.165, 1.54) is 31.2 Å². The number of ether oxygens (including phenoxy) is 1. The smallest absolute Gasteiger partial charge is 0.0925 e. The molecule has 2 rings (SSSR count). The number of benzene rings is 1. The molecule has 0 saturated heterocycles. The van der Waals surface area contributed by atoms with Crippen molar-refractivity contribution in [3.63, 3.8) is 0 Å². The Labute approximate surface area is 123 Å². The first kappa shape index (κ1) is 14.4. The number of rotatable bonds is 4. The molecule has 1 aromatic rings. The molecule has 3 unspecified atom stereocenters. The topological polar surface area (TPSA) is 9.23 Å². The first-order valence-electron chi connectivity index (χ1n) is 6.66. The van der Waals surface area contributed by atoms with E-state index in [1.54, 1.807) is 0 Å². The van der Waals surface area contributed by atoms with Gasteiger partial charge in [-0.3, -0.25) is 0 Å². The second kappa shape index (κ2) is 6.93. The van der Waals surface area contributed by atoms with E-state index in [1.807, 2.05) is 12.1 Å². The summed E-state index contributed by atoms with van der Waals surface area (Å²) in [5, 5.41) is 1.61. The second-order valence-corrected chi connectivity index (χ2v) is 6.31. The SMILES string of the molecule is CC1CCCC(OC(CBr)c2ccc(Cl)cc2)C1. The van der Waals surface area contributed by atoms with Crippen LogP contribution in [0.15, 0.2) is 24.3 Å². The first-order chi connectivity index (χ1) is 8.69. The van der Waals surface area contributed by atoms with Gasteiger partial charge < -0.3 is 4.74 Å². The summed E-state index contributed by atoms with van der Waals surface area (Å²) >= 11 is 9.47. The molecule has 0 bridgehead atoms. The van der Waals surface area contributed by atoms with E-state index in [0.717, 1.165) is 16.3 Å². The van der Waals surface area contributed by atoms with Crippen LogP contribution in [-0.2, 0) is 4.74 Å². The highest BCUT2D eigenvalue weighted by atomic mass is 79.9. The Balaban J connectivity index is 1.98. The van der Waals surface area contributed by atoms with Crippen molar-refractivity contribution in [3.8, 4) is 0 Å². The van der Waals surface area contributed by atoms with Gasteiger partial charge in [0.1, 0.15) is 0 Å². The van der Waals surface area contributed by atoms with E-state index in [2.05, 4.69) is 35.0 Å². The zero-order chi connectivity index (χ0) is 13.0. The summed E-state index contributed by atoms with van der Waals surface area (Å²) in [6.07, 6.45) is 5.57. The van der Waals surface area contributed by atoms with Crippen LogP contribution in [0, 0.1) is 5.92 Å². The van der Waals surface area contributed by atoms with Crippen LogP contribution in [0.4, 0.5) is 0 Å². The second-order valence-electron chi connectivity index (χ2n) is 5.22. The Morgan fingerprint density at radius 3 is 2.67 bits per heavy atom. The summed E-state index contributed by atoms with van der Waals surface area (Å²) in [7, 11) is 0. The van der Waals surface area contributed by atoms with Crippen molar-refractivity contribution in [2.45, 2.75) is 44.8 Å². The Morgan fingerprint density at radius 2 is 2.06 bits per heavy atom. The van der Waals surface area contributed by atoms with E-state index < -0.39 is 0 Å². The van der Waals surface area contributed by atoms with E-state index in [-0.39, 0.29) is 6.10 Å². The lowest BCUT2D eigenvalue weighted by molar-refractivity contribution is -0.0290. The molecule has 0 spiro atoms. The molecule has 1 nitrogen and oxygen atoms in total. The maximum Gasteiger partial charge on any atom is 0.0925 e. The van der Waals surface area contributed by atoms with Crippen LogP contribution in [0.2, 0.25) is 5.02 Å². The van der Waals surface area contributed by atoms with Crippen molar-refractivity contribution in [1.29, 1.82) is 0 Å². The minimum Gasteiger partial charge on any atom is -0.369 e. The molecule has 0 radical (unpaired) electrons. The Hall–Kier alpha value is -0.0500. The highest BCUT2D eigenvalue weighted by Gasteiger charge is 2.23. The number of hydrogen-bond acceptors (Lipinski definition) is 1. The maximum absolute atomic E-state index is 6.25. The quantitative estimate of drug-likeness (QED) is 0.674. The van der Waals surface area contributed by atoms with Gasteiger partial charge in [-0.1, -0.05) is 59.4 Å². The van der Waals surface area contributed by atoms with Crippen molar-refractivity contribution in [1.82, 2.24) is 0 Å². The largest absolute Gasteiger partial charge is 0.369 e. The molecule has 1 aliphatic carbocycles. The monoisotopic (exact) mass is 330 g/mol. The van der Waals surface area contributed by atoms with Crippen LogP contribution in [0.25, 0.3) is 0 Å². The van der Waals surface area contributed by atoms with Crippen LogP contribution >= 0.6 is 27.5 Å².